The summed E-state index contributed by atoms with van der Waals surface area (Å²) >= 11 is 0. The fourth-order valence-corrected chi connectivity index (χ4v) is 4.43. The van der Waals surface area contributed by atoms with Gasteiger partial charge < -0.3 is 9.31 Å². The molecule has 3 heteroatoms. The summed E-state index contributed by atoms with van der Waals surface area (Å²) < 4.78 is 12.2. The minimum atomic E-state index is 0.151. The third-order valence-electron chi connectivity index (χ3n) is 5.92. The van der Waals surface area contributed by atoms with E-state index in [1.54, 1.807) is 0 Å². The third-order valence-corrected chi connectivity index (χ3v) is 5.92. The Hall–Kier alpha value is -3.98. The molecule has 0 aliphatic carbocycles. The van der Waals surface area contributed by atoms with Crippen LogP contribution in [-0.4, -0.2) is 7.69 Å². The number of hydrogen-bond donors (Lipinski definition) is 0. The Kier molecular flexibility index (Phi) is 4.24. The summed E-state index contributed by atoms with van der Waals surface area (Å²) in [5.41, 5.74) is 0. The molecule has 0 amide bonds. The standard InChI is InChI=1S/C28H19BO2/c1-3-9-21-19(7-1)15-17-25-23(21)11-5-13-27(25)30-29-31-28-14-6-12-24-22-10-4-2-8-20(22)16-18-26(24)28/h1-18,29H. The van der Waals surface area contributed by atoms with Crippen molar-refractivity contribution in [1.82, 2.24) is 0 Å². The lowest BCUT2D eigenvalue weighted by Crippen LogP contribution is -2.11. The van der Waals surface area contributed by atoms with Gasteiger partial charge in [0.2, 0.25) is 0 Å². The summed E-state index contributed by atoms with van der Waals surface area (Å²) in [5, 5.41) is 9.47. The maximum Gasteiger partial charge on any atom is 0.576 e. The lowest BCUT2D eigenvalue weighted by atomic mass is 10.0. The highest BCUT2D eigenvalue weighted by atomic mass is 16.6. The van der Waals surface area contributed by atoms with Crippen molar-refractivity contribution in [2.45, 2.75) is 0 Å². The molecule has 0 N–H and O–H groups in total. The molecular formula is C28H19BO2. The van der Waals surface area contributed by atoms with E-state index in [-0.39, 0.29) is 7.69 Å². The molecule has 6 rings (SSSR count). The Morgan fingerprint density at radius 3 is 1.32 bits per heavy atom. The van der Waals surface area contributed by atoms with Crippen molar-refractivity contribution in [3.05, 3.63) is 109 Å². The van der Waals surface area contributed by atoms with Crippen molar-refractivity contribution >= 4 is 50.8 Å². The van der Waals surface area contributed by atoms with Crippen molar-refractivity contribution in [3.63, 3.8) is 0 Å². The highest BCUT2D eigenvalue weighted by molar-refractivity contribution is 6.23. The van der Waals surface area contributed by atoms with Crippen LogP contribution in [0.5, 0.6) is 11.5 Å². The van der Waals surface area contributed by atoms with Gasteiger partial charge in [0.1, 0.15) is 11.5 Å². The first-order valence-corrected chi connectivity index (χ1v) is 10.4. The Morgan fingerprint density at radius 1 is 0.355 bits per heavy atom. The predicted octanol–water partition coefficient (Wildman–Crippen LogP) is 7.02. The highest BCUT2D eigenvalue weighted by Gasteiger charge is 2.09. The molecule has 6 aromatic rings. The van der Waals surface area contributed by atoms with Gasteiger partial charge in [0, 0.05) is 10.8 Å². The van der Waals surface area contributed by atoms with Gasteiger partial charge in [0.05, 0.1) is 0 Å². The summed E-state index contributed by atoms with van der Waals surface area (Å²) in [5.74, 6) is 1.66. The molecule has 6 aromatic carbocycles. The molecule has 2 nitrogen and oxygen atoms in total. The smallest absolute Gasteiger partial charge is 0.528 e. The number of hydrogen-bond acceptors (Lipinski definition) is 2. The van der Waals surface area contributed by atoms with Crippen molar-refractivity contribution in [3.8, 4) is 11.5 Å². The molecule has 0 aromatic heterocycles. The second-order valence-corrected chi connectivity index (χ2v) is 7.68. The third kappa shape index (κ3) is 3.06. The zero-order valence-corrected chi connectivity index (χ0v) is 16.9. The normalized spacial score (nSPS) is 11.2. The van der Waals surface area contributed by atoms with E-state index in [1.165, 1.54) is 32.3 Å². The SMILES string of the molecule is B(Oc1cccc2c1ccc1ccccc12)Oc1cccc2c1ccc1ccccc12. The van der Waals surface area contributed by atoms with E-state index >= 15 is 0 Å². The van der Waals surface area contributed by atoms with E-state index in [1.807, 2.05) is 24.3 Å². The maximum atomic E-state index is 6.09. The first kappa shape index (κ1) is 17.8. The molecule has 146 valence electrons. The Balaban J connectivity index is 1.32. The lowest BCUT2D eigenvalue weighted by Gasteiger charge is -2.13. The Morgan fingerprint density at radius 2 is 0.806 bits per heavy atom. The second-order valence-electron chi connectivity index (χ2n) is 7.68. The molecule has 0 unspecified atom stereocenters. The first-order valence-electron chi connectivity index (χ1n) is 10.4. The van der Waals surface area contributed by atoms with Gasteiger partial charge >= 0.3 is 7.69 Å². The average Bonchev–Trinajstić information content (AvgIpc) is 2.84. The van der Waals surface area contributed by atoms with Crippen LogP contribution < -0.4 is 9.31 Å². The second kappa shape index (κ2) is 7.37. The minimum absolute atomic E-state index is 0.151. The largest absolute Gasteiger partial charge is 0.576 e. The quantitative estimate of drug-likeness (QED) is 0.235. The summed E-state index contributed by atoms with van der Waals surface area (Å²) in [7, 11) is 0.151. The van der Waals surface area contributed by atoms with E-state index in [9.17, 15) is 0 Å². The van der Waals surface area contributed by atoms with E-state index < -0.39 is 0 Å². The zero-order valence-electron chi connectivity index (χ0n) is 16.9. The van der Waals surface area contributed by atoms with Gasteiger partial charge in [0.15, 0.2) is 0 Å². The zero-order chi connectivity index (χ0) is 20.6. The fourth-order valence-electron chi connectivity index (χ4n) is 4.43. The molecule has 0 saturated heterocycles. The van der Waals surface area contributed by atoms with Crippen molar-refractivity contribution in [2.75, 3.05) is 0 Å². The molecule has 0 bridgehead atoms. The average molecular weight is 398 g/mol. The highest BCUT2D eigenvalue weighted by Crippen LogP contribution is 2.33. The number of benzene rings is 6. The molecule has 0 aliphatic rings. The molecule has 0 radical (unpaired) electrons. The fraction of sp³-hybridized carbons (Fsp3) is 0. The van der Waals surface area contributed by atoms with Crippen LogP contribution in [0.15, 0.2) is 109 Å². The molecule has 0 saturated carbocycles. The van der Waals surface area contributed by atoms with Crippen LogP contribution in [0.25, 0.3) is 43.1 Å². The van der Waals surface area contributed by atoms with Crippen LogP contribution in [0.3, 0.4) is 0 Å². The van der Waals surface area contributed by atoms with Gasteiger partial charge in [-0.05, 0) is 44.5 Å². The van der Waals surface area contributed by atoms with Crippen LogP contribution >= 0.6 is 0 Å². The minimum Gasteiger partial charge on any atom is -0.528 e. The Labute approximate surface area is 180 Å². The number of rotatable bonds is 4. The first-order chi connectivity index (χ1) is 15.4. The Bertz CT molecular complexity index is 1450. The van der Waals surface area contributed by atoms with Gasteiger partial charge in [-0.15, -0.1) is 0 Å². The van der Waals surface area contributed by atoms with Crippen molar-refractivity contribution in [2.24, 2.45) is 0 Å². The molecule has 0 spiro atoms. The van der Waals surface area contributed by atoms with E-state index in [0.29, 0.717) is 0 Å². The summed E-state index contributed by atoms with van der Waals surface area (Å²) in [6, 6.07) is 37.7. The van der Waals surface area contributed by atoms with E-state index in [2.05, 4.69) is 84.9 Å². The molecule has 0 heterocycles. The van der Waals surface area contributed by atoms with Crippen molar-refractivity contribution in [1.29, 1.82) is 0 Å². The summed E-state index contributed by atoms with van der Waals surface area (Å²) in [6.45, 7) is 0. The van der Waals surface area contributed by atoms with E-state index in [0.717, 1.165) is 22.3 Å². The van der Waals surface area contributed by atoms with Crippen LogP contribution in [-0.2, 0) is 0 Å². The molecule has 0 fully saturated rings. The maximum absolute atomic E-state index is 6.09. The molecular weight excluding hydrogens is 379 g/mol. The van der Waals surface area contributed by atoms with Gasteiger partial charge in [-0.3, -0.25) is 0 Å². The number of fused-ring (bicyclic) bond motifs is 6. The monoisotopic (exact) mass is 398 g/mol. The van der Waals surface area contributed by atoms with Crippen LogP contribution in [0.1, 0.15) is 0 Å². The van der Waals surface area contributed by atoms with Crippen LogP contribution in [0.2, 0.25) is 0 Å². The van der Waals surface area contributed by atoms with Gasteiger partial charge in [0.25, 0.3) is 0 Å². The van der Waals surface area contributed by atoms with Gasteiger partial charge in [-0.1, -0.05) is 97.1 Å². The molecule has 0 atom stereocenters. The van der Waals surface area contributed by atoms with E-state index in [4.69, 9.17) is 9.31 Å². The predicted molar refractivity (Wildman–Crippen MR) is 131 cm³/mol. The van der Waals surface area contributed by atoms with Crippen LogP contribution in [0.4, 0.5) is 0 Å². The van der Waals surface area contributed by atoms with Crippen molar-refractivity contribution < 1.29 is 9.31 Å². The summed E-state index contributed by atoms with van der Waals surface area (Å²) in [6.07, 6.45) is 0. The van der Waals surface area contributed by atoms with Gasteiger partial charge in [-0.25, -0.2) is 0 Å². The molecule has 31 heavy (non-hydrogen) atoms. The molecule has 0 aliphatic heterocycles. The van der Waals surface area contributed by atoms with Crippen LogP contribution in [0, 0.1) is 0 Å². The van der Waals surface area contributed by atoms with Gasteiger partial charge in [-0.2, -0.15) is 0 Å². The lowest BCUT2D eigenvalue weighted by molar-refractivity contribution is 0.465. The summed E-state index contributed by atoms with van der Waals surface area (Å²) in [4.78, 5) is 0. The topological polar surface area (TPSA) is 18.5 Å².